The van der Waals surface area contributed by atoms with E-state index < -0.39 is 0 Å². The first-order valence-electron chi connectivity index (χ1n) is 9.45. The number of rotatable bonds is 10. The maximum absolute atomic E-state index is 12.7. The van der Waals surface area contributed by atoms with Crippen LogP contribution in [0, 0.1) is 12.8 Å². The molecule has 0 aliphatic heterocycles. The number of halogens is 2. The predicted molar refractivity (Wildman–Crippen MR) is 119 cm³/mol. The van der Waals surface area contributed by atoms with Crippen molar-refractivity contribution in [3.05, 3.63) is 57.6 Å². The molecule has 2 aromatic carbocycles. The number of hydrogen-bond acceptors (Lipinski definition) is 2. The average Bonchev–Trinajstić information content (AvgIpc) is 2.64. The van der Waals surface area contributed by atoms with Crippen LogP contribution >= 0.6 is 31.8 Å². The quantitative estimate of drug-likeness (QED) is 0.419. The van der Waals surface area contributed by atoms with Crippen molar-refractivity contribution in [2.45, 2.75) is 46.5 Å². The molecular weight excluding hydrogens is 405 g/mol. The summed E-state index contributed by atoms with van der Waals surface area (Å²) in [6.07, 6.45) is 4.80. The van der Waals surface area contributed by atoms with Crippen molar-refractivity contribution in [1.29, 1.82) is 0 Å². The summed E-state index contributed by atoms with van der Waals surface area (Å²) in [5.41, 5.74) is 1.40. The molecule has 2 unspecified atom stereocenters. The third-order valence-electron chi connectivity index (χ3n) is 4.66. The summed E-state index contributed by atoms with van der Waals surface area (Å²) in [5, 5.41) is 1.78. The summed E-state index contributed by atoms with van der Waals surface area (Å²) < 4.78 is 6.00. The molecule has 6 heteroatoms. The monoisotopic (exact) mass is 431 g/mol. The van der Waals surface area contributed by atoms with Crippen LogP contribution in [-0.4, -0.2) is 12.1 Å². The standard InChI is InChI=1S/C22H27Cl2O2P.Li/c1-4-6-8-16(5-2)14-26-17-11-12-20(15(3)13-17)27-22(25)21-18(23)9-7-10-19(21)24;/h7,9-13,16,27H,4-6,8,14H2,1-3H3;/q;+1. The molecule has 0 radical (unpaired) electrons. The molecule has 0 amide bonds. The number of carbonyl (C=O) groups excluding carboxylic acids is 1. The molecule has 0 saturated heterocycles. The Morgan fingerprint density at radius 1 is 1.14 bits per heavy atom. The number of hydrogen-bond donors (Lipinski definition) is 0. The van der Waals surface area contributed by atoms with Crippen molar-refractivity contribution in [2.75, 3.05) is 6.61 Å². The fourth-order valence-electron chi connectivity index (χ4n) is 2.88. The van der Waals surface area contributed by atoms with E-state index in [4.69, 9.17) is 27.9 Å². The molecule has 0 spiro atoms. The topological polar surface area (TPSA) is 26.3 Å². The van der Waals surface area contributed by atoms with Crippen molar-refractivity contribution in [1.82, 2.24) is 0 Å². The maximum Gasteiger partial charge on any atom is 1.00 e. The second-order valence-electron chi connectivity index (χ2n) is 6.76. The minimum absolute atomic E-state index is 0. The Kier molecular flexibility index (Phi) is 11.8. The molecule has 2 atom stereocenters. The van der Waals surface area contributed by atoms with Gasteiger partial charge in [0.25, 0.3) is 0 Å². The Balaban J connectivity index is 0.00000392. The van der Waals surface area contributed by atoms with E-state index in [2.05, 4.69) is 13.8 Å². The molecular formula is C22H27Cl2LiO2P+. The first kappa shape index (κ1) is 25.6. The van der Waals surface area contributed by atoms with Crippen LogP contribution < -0.4 is 28.9 Å². The van der Waals surface area contributed by atoms with Crippen LogP contribution in [0.5, 0.6) is 5.75 Å². The van der Waals surface area contributed by atoms with Gasteiger partial charge in [-0.2, -0.15) is 0 Å². The zero-order valence-corrected chi connectivity index (χ0v) is 19.7. The molecule has 0 N–H and O–H groups in total. The van der Waals surface area contributed by atoms with Gasteiger partial charge in [-0.05, 0) is 63.0 Å². The molecule has 0 aliphatic carbocycles. The second kappa shape index (κ2) is 12.9. The van der Waals surface area contributed by atoms with Crippen molar-refractivity contribution in [3.63, 3.8) is 0 Å². The Morgan fingerprint density at radius 3 is 2.39 bits per heavy atom. The zero-order chi connectivity index (χ0) is 19.8. The van der Waals surface area contributed by atoms with Gasteiger partial charge in [-0.1, -0.05) is 68.4 Å². The smallest absolute Gasteiger partial charge is 0.493 e. The molecule has 0 saturated carbocycles. The number of benzene rings is 2. The molecule has 2 nitrogen and oxygen atoms in total. The number of ether oxygens (including phenoxy) is 1. The van der Waals surface area contributed by atoms with E-state index >= 15 is 0 Å². The summed E-state index contributed by atoms with van der Waals surface area (Å²) in [7, 11) is -0.0223. The van der Waals surface area contributed by atoms with E-state index in [9.17, 15) is 4.79 Å². The van der Waals surface area contributed by atoms with E-state index in [1.165, 1.54) is 19.3 Å². The molecule has 0 bridgehead atoms. The van der Waals surface area contributed by atoms with Crippen LogP contribution in [0.15, 0.2) is 36.4 Å². The number of carbonyl (C=O) groups is 1. The predicted octanol–water partition coefficient (Wildman–Crippen LogP) is 4.05. The number of aryl methyl sites for hydroxylation is 1. The van der Waals surface area contributed by atoms with Crippen LogP contribution in [-0.2, 0) is 0 Å². The molecule has 0 aromatic heterocycles. The Morgan fingerprint density at radius 2 is 1.82 bits per heavy atom. The summed E-state index contributed by atoms with van der Waals surface area (Å²) in [6, 6.07) is 11.1. The van der Waals surface area contributed by atoms with Crippen LogP contribution in [0.4, 0.5) is 0 Å². The Hall–Kier alpha value is -0.483. The van der Waals surface area contributed by atoms with Gasteiger partial charge in [0.05, 0.1) is 22.2 Å². The van der Waals surface area contributed by atoms with E-state index in [0.717, 1.165) is 29.6 Å². The normalized spacial score (nSPS) is 12.0. The molecule has 0 aliphatic rings. The minimum Gasteiger partial charge on any atom is -0.493 e. The van der Waals surface area contributed by atoms with Gasteiger partial charge in [-0.25, -0.2) is 0 Å². The summed E-state index contributed by atoms with van der Waals surface area (Å²) >= 11 is 12.3. The zero-order valence-electron chi connectivity index (χ0n) is 17.1. The minimum atomic E-state index is -0.0482. The van der Waals surface area contributed by atoms with Crippen LogP contribution in [0.1, 0.15) is 55.5 Å². The van der Waals surface area contributed by atoms with Gasteiger partial charge >= 0.3 is 18.9 Å². The van der Waals surface area contributed by atoms with Crippen molar-refractivity contribution in [3.8, 4) is 5.75 Å². The number of unbranched alkanes of at least 4 members (excludes halogenated alkanes) is 1. The molecule has 146 valence electrons. The third-order valence-corrected chi connectivity index (χ3v) is 6.60. The van der Waals surface area contributed by atoms with Gasteiger partial charge in [0, 0.05) is 0 Å². The Bertz CT molecular complexity index is 763. The van der Waals surface area contributed by atoms with E-state index in [0.29, 0.717) is 21.5 Å². The third kappa shape index (κ3) is 7.40. The van der Waals surface area contributed by atoms with Crippen molar-refractivity contribution < 1.29 is 28.4 Å². The maximum atomic E-state index is 12.7. The van der Waals surface area contributed by atoms with Crippen LogP contribution in [0.2, 0.25) is 10.0 Å². The fraction of sp³-hybridized carbons (Fsp3) is 0.409. The van der Waals surface area contributed by atoms with Crippen LogP contribution in [0.25, 0.3) is 0 Å². The van der Waals surface area contributed by atoms with Gasteiger partial charge in [0.15, 0.2) is 5.52 Å². The summed E-state index contributed by atoms with van der Waals surface area (Å²) in [5.74, 6) is 1.45. The van der Waals surface area contributed by atoms with E-state index in [1.807, 2.05) is 25.1 Å². The summed E-state index contributed by atoms with van der Waals surface area (Å²) in [6.45, 7) is 7.18. The fourth-order valence-corrected chi connectivity index (χ4v) is 4.68. The Labute approximate surface area is 192 Å². The first-order chi connectivity index (χ1) is 13.0. The molecule has 2 aromatic rings. The molecule has 28 heavy (non-hydrogen) atoms. The van der Waals surface area contributed by atoms with Gasteiger partial charge in [-0.3, -0.25) is 4.79 Å². The summed E-state index contributed by atoms with van der Waals surface area (Å²) in [4.78, 5) is 12.7. The van der Waals surface area contributed by atoms with Crippen molar-refractivity contribution in [2.24, 2.45) is 5.92 Å². The van der Waals surface area contributed by atoms with Gasteiger partial charge in [0.2, 0.25) is 0 Å². The van der Waals surface area contributed by atoms with Gasteiger partial charge in [-0.15, -0.1) is 0 Å². The molecule has 0 fully saturated rings. The van der Waals surface area contributed by atoms with Gasteiger partial charge < -0.3 is 4.74 Å². The van der Waals surface area contributed by atoms with Crippen LogP contribution in [0.3, 0.4) is 0 Å². The SMILES string of the molecule is CCCCC(CC)COc1ccc(PC(=O)c2c(Cl)cccc2Cl)c(C)c1.[Li+]. The average molecular weight is 432 g/mol. The van der Waals surface area contributed by atoms with Gasteiger partial charge in [0.1, 0.15) is 5.75 Å². The first-order valence-corrected chi connectivity index (χ1v) is 11.2. The second-order valence-corrected chi connectivity index (χ2v) is 8.81. The molecule has 0 heterocycles. The van der Waals surface area contributed by atoms with E-state index in [-0.39, 0.29) is 33.0 Å². The largest absolute Gasteiger partial charge is 1.00 e. The van der Waals surface area contributed by atoms with Crippen molar-refractivity contribution >= 4 is 42.6 Å². The van der Waals surface area contributed by atoms with E-state index in [1.54, 1.807) is 18.2 Å². The molecule has 2 rings (SSSR count).